The first kappa shape index (κ1) is 23.1. The van der Waals surface area contributed by atoms with Gasteiger partial charge in [-0.2, -0.15) is 0 Å². The fourth-order valence-corrected chi connectivity index (χ4v) is 3.22. The fraction of sp³-hybridized carbons (Fsp3) is 0.375. The highest BCUT2D eigenvalue weighted by Crippen LogP contribution is 2.15. The molecule has 0 aliphatic rings. The van der Waals surface area contributed by atoms with Gasteiger partial charge in [0.05, 0.1) is 0 Å². The summed E-state index contributed by atoms with van der Waals surface area (Å²) in [5, 5.41) is 5.68. The maximum atomic E-state index is 12.9. The summed E-state index contributed by atoms with van der Waals surface area (Å²) in [7, 11) is 0. The molecule has 1 unspecified atom stereocenters. The molecule has 0 saturated carbocycles. The van der Waals surface area contributed by atoms with Gasteiger partial charge in [0.2, 0.25) is 5.91 Å². The zero-order valence-electron chi connectivity index (χ0n) is 18.4. The van der Waals surface area contributed by atoms with Gasteiger partial charge in [0, 0.05) is 29.9 Å². The van der Waals surface area contributed by atoms with Gasteiger partial charge in [0.15, 0.2) is 0 Å². The van der Waals surface area contributed by atoms with Crippen LogP contribution >= 0.6 is 0 Å². The number of aryl methyl sites for hydroxylation is 1. The van der Waals surface area contributed by atoms with Crippen LogP contribution in [0.25, 0.3) is 0 Å². The van der Waals surface area contributed by atoms with Crippen molar-refractivity contribution in [3.8, 4) is 0 Å². The van der Waals surface area contributed by atoms with Crippen molar-refractivity contribution in [2.45, 2.75) is 40.7 Å². The van der Waals surface area contributed by atoms with E-state index in [0.717, 1.165) is 5.56 Å². The maximum Gasteiger partial charge on any atom is 0.253 e. The number of anilines is 1. The van der Waals surface area contributed by atoms with Crippen LogP contribution < -0.4 is 10.6 Å². The van der Waals surface area contributed by atoms with Crippen LogP contribution in [-0.4, -0.2) is 41.8 Å². The zero-order chi connectivity index (χ0) is 22.3. The Morgan fingerprint density at radius 3 is 2.23 bits per heavy atom. The largest absolute Gasteiger partial charge is 0.340 e. The predicted octanol–water partition coefficient (Wildman–Crippen LogP) is 3.87. The van der Waals surface area contributed by atoms with Crippen molar-refractivity contribution in [1.29, 1.82) is 0 Å². The van der Waals surface area contributed by atoms with Gasteiger partial charge >= 0.3 is 0 Å². The summed E-state index contributed by atoms with van der Waals surface area (Å²) in [5.41, 5.74) is 2.43. The maximum absolute atomic E-state index is 12.9. The van der Waals surface area contributed by atoms with Crippen LogP contribution in [0.2, 0.25) is 0 Å². The van der Waals surface area contributed by atoms with Gasteiger partial charge < -0.3 is 15.5 Å². The SMILES string of the molecule is CCN(CC)C(=O)c1cccc(NC(=O)C(NC(=O)c2ccccc2C)C(C)C)c1. The molecule has 0 bridgehead atoms. The molecule has 0 fully saturated rings. The van der Waals surface area contributed by atoms with E-state index in [-0.39, 0.29) is 23.6 Å². The Kier molecular flexibility index (Phi) is 8.16. The molecule has 0 radical (unpaired) electrons. The van der Waals surface area contributed by atoms with Gasteiger partial charge in [-0.25, -0.2) is 0 Å². The molecular formula is C24H31N3O3. The molecular weight excluding hydrogens is 378 g/mol. The van der Waals surface area contributed by atoms with E-state index < -0.39 is 6.04 Å². The Morgan fingerprint density at radius 1 is 0.967 bits per heavy atom. The summed E-state index contributed by atoms with van der Waals surface area (Å²) in [6, 6.07) is 13.4. The van der Waals surface area contributed by atoms with Crippen LogP contribution in [0, 0.1) is 12.8 Å². The first-order chi connectivity index (χ1) is 14.3. The van der Waals surface area contributed by atoms with Gasteiger partial charge in [0.25, 0.3) is 11.8 Å². The van der Waals surface area contributed by atoms with Gasteiger partial charge in [-0.05, 0) is 56.5 Å². The molecule has 3 amide bonds. The van der Waals surface area contributed by atoms with Crippen LogP contribution in [0.5, 0.6) is 0 Å². The molecule has 6 heteroatoms. The normalized spacial score (nSPS) is 11.7. The average molecular weight is 410 g/mol. The van der Waals surface area contributed by atoms with Crippen molar-refractivity contribution >= 4 is 23.4 Å². The summed E-state index contributed by atoms with van der Waals surface area (Å²) >= 11 is 0. The van der Waals surface area contributed by atoms with Crippen molar-refractivity contribution in [1.82, 2.24) is 10.2 Å². The van der Waals surface area contributed by atoms with E-state index in [4.69, 9.17) is 0 Å². The summed E-state index contributed by atoms with van der Waals surface area (Å²) in [4.78, 5) is 39.9. The Hall–Kier alpha value is -3.15. The quantitative estimate of drug-likeness (QED) is 0.695. The third-order valence-electron chi connectivity index (χ3n) is 5.05. The average Bonchev–Trinajstić information content (AvgIpc) is 2.72. The Bertz CT molecular complexity index is 904. The summed E-state index contributed by atoms with van der Waals surface area (Å²) in [6.07, 6.45) is 0. The second-order valence-electron chi connectivity index (χ2n) is 7.56. The minimum atomic E-state index is -0.709. The lowest BCUT2D eigenvalue weighted by Crippen LogP contribution is -2.47. The molecule has 0 aromatic heterocycles. The number of nitrogens with one attached hydrogen (secondary N) is 2. The van der Waals surface area contributed by atoms with Gasteiger partial charge in [-0.1, -0.05) is 38.1 Å². The number of amides is 3. The summed E-state index contributed by atoms with van der Waals surface area (Å²) in [6.45, 7) is 10.7. The number of hydrogen-bond donors (Lipinski definition) is 2. The minimum absolute atomic E-state index is 0.0793. The lowest BCUT2D eigenvalue weighted by molar-refractivity contribution is -0.118. The minimum Gasteiger partial charge on any atom is -0.340 e. The second kappa shape index (κ2) is 10.6. The molecule has 2 aromatic carbocycles. The third-order valence-corrected chi connectivity index (χ3v) is 5.05. The van der Waals surface area contributed by atoms with Gasteiger partial charge in [0.1, 0.15) is 6.04 Å². The molecule has 160 valence electrons. The van der Waals surface area contributed by atoms with Crippen molar-refractivity contribution in [3.63, 3.8) is 0 Å². The number of carbonyl (C=O) groups excluding carboxylic acids is 3. The van der Waals surface area contributed by atoms with Gasteiger partial charge in [-0.3, -0.25) is 14.4 Å². The molecule has 0 saturated heterocycles. The Morgan fingerprint density at radius 2 is 1.63 bits per heavy atom. The first-order valence-corrected chi connectivity index (χ1v) is 10.3. The third kappa shape index (κ3) is 5.69. The van der Waals surface area contributed by atoms with Crippen LogP contribution in [0.3, 0.4) is 0 Å². The molecule has 30 heavy (non-hydrogen) atoms. The molecule has 6 nitrogen and oxygen atoms in total. The molecule has 2 aromatic rings. The lowest BCUT2D eigenvalue weighted by Gasteiger charge is -2.23. The zero-order valence-corrected chi connectivity index (χ0v) is 18.4. The van der Waals surface area contributed by atoms with Crippen molar-refractivity contribution in [2.75, 3.05) is 18.4 Å². The predicted molar refractivity (Wildman–Crippen MR) is 120 cm³/mol. The van der Waals surface area contributed by atoms with Crippen LogP contribution in [0.15, 0.2) is 48.5 Å². The van der Waals surface area contributed by atoms with E-state index in [1.54, 1.807) is 41.3 Å². The van der Waals surface area contributed by atoms with Crippen LogP contribution in [0.1, 0.15) is 54.0 Å². The van der Waals surface area contributed by atoms with E-state index in [1.165, 1.54) is 0 Å². The second-order valence-corrected chi connectivity index (χ2v) is 7.56. The molecule has 2 N–H and O–H groups in total. The fourth-order valence-electron chi connectivity index (χ4n) is 3.22. The highest BCUT2D eigenvalue weighted by Gasteiger charge is 2.25. The van der Waals surface area contributed by atoms with Crippen molar-refractivity contribution in [2.24, 2.45) is 5.92 Å². The van der Waals surface area contributed by atoms with Crippen LogP contribution in [-0.2, 0) is 4.79 Å². The molecule has 1 atom stereocenters. The van der Waals surface area contributed by atoms with Crippen molar-refractivity contribution in [3.05, 3.63) is 65.2 Å². The smallest absolute Gasteiger partial charge is 0.253 e. The number of nitrogens with zero attached hydrogens (tertiary/aromatic N) is 1. The number of benzene rings is 2. The Labute approximate surface area is 178 Å². The first-order valence-electron chi connectivity index (χ1n) is 10.3. The molecule has 0 heterocycles. The summed E-state index contributed by atoms with van der Waals surface area (Å²) in [5.74, 6) is -0.797. The van der Waals surface area contributed by atoms with Crippen LogP contribution in [0.4, 0.5) is 5.69 Å². The standard InChI is InChI=1S/C24H31N3O3/c1-6-27(7-2)24(30)18-12-10-13-19(15-18)25-23(29)21(16(3)4)26-22(28)20-14-9-8-11-17(20)5/h8-16,21H,6-7H2,1-5H3,(H,25,29)(H,26,28). The summed E-state index contributed by atoms with van der Waals surface area (Å²) < 4.78 is 0. The van der Waals surface area contributed by atoms with Crippen molar-refractivity contribution < 1.29 is 14.4 Å². The monoisotopic (exact) mass is 409 g/mol. The molecule has 0 spiro atoms. The van der Waals surface area contributed by atoms with E-state index >= 15 is 0 Å². The number of rotatable bonds is 8. The molecule has 2 rings (SSSR count). The highest BCUT2D eigenvalue weighted by atomic mass is 16.2. The molecule has 0 aliphatic heterocycles. The lowest BCUT2D eigenvalue weighted by atomic mass is 10.0. The number of hydrogen-bond acceptors (Lipinski definition) is 3. The molecule has 0 aliphatic carbocycles. The highest BCUT2D eigenvalue weighted by molar-refractivity contribution is 6.02. The Balaban J connectivity index is 2.16. The van der Waals surface area contributed by atoms with Gasteiger partial charge in [-0.15, -0.1) is 0 Å². The number of carbonyl (C=O) groups is 3. The van der Waals surface area contributed by atoms with E-state index in [2.05, 4.69) is 10.6 Å². The van der Waals surface area contributed by atoms with E-state index in [9.17, 15) is 14.4 Å². The van der Waals surface area contributed by atoms with E-state index in [1.807, 2.05) is 46.8 Å². The van der Waals surface area contributed by atoms with E-state index in [0.29, 0.717) is 29.9 Å². The topological polar surface area (TPSA) is 78.5 Å².